The first-order chi connectivity index (χ1) is 8.01. The molecule has 5 nitrogen and oxygen atoms in total. The summed E-state index contributed by atoms with van der Waals surface area (Å²) >= 11 is 0. The molecule has 1 atom stereocenters. The van der Waals surface area contributed by atoms with E-state index in [2.05, 4.69) is 0 Å². The summed E-state index contributed by atoms with van der Waals surface area (Å²) < 4.78 is 4.99. The summed E-state index contributed by atoms with van der Waals surface area (Å²) in [6, 6.07) is 2.44. The van der Waals surface area contributed by atoms with Crippen LogP contribution < -0.4 is 10.5 Å². The molecule has 5 heteroatoms. The average molecular weight is 239 g/mol. The van der Waals surface area contributed by atoms with Gasteiger partial charge in [0.05, 0.1) is 7.11 Å². The second-order valence-corrected chi connectivity index (χ2v) is 3.76. The zero-order valence-electron chi connectivity index (χ0n) is 9.93. The second-order valence-electron chi connectivity index (χ2n) is 3.76. The van der Waals surface area contributed by atoms with E-state index in [4.69, 9.17) is 15.6 Å². The van der Waals surface area contributed by atoms with E-state index in [1.54, 1.807) is 6.07 Å². The van der Waals surface area contributed by atoms with Crippen LogP contribution in [0.25, 0.3) is 0 Å². The van der Waals surface area contributed by atoms with Gasteiger partial charge in [-0.25, -0.2) is 0 Å². The third-order valence-corrected chi connectivity index (χ3v) is 2.68. The van der Waals surface area contributed by atoms with Crippen LogP contribution in [0.1, 0.15) is 18.1 Å². The number of benzene rings is 1. The Labute approximate surface area is 99.8 Å². The largest absolute Gasteiger partial charge is 0.504 e. The number of phenolic OH excluding ortho intramolecular Hbond substituents is 1. The van der Waals surface area contributed by atoms with E-state index in [0.717, 1.165) is 5.56 Å². The molecule has 1 aromatic carbocycles. The summed E-state index contributed by atoms with van der Waals surface area (Å²) in [6.07, 6.45) is 0.779. The van der Waals surface area contributed by atoms with Crippen molar-refractivity contribution in [2.45, 2.75) is 25.8 Å². The first kappa shape index (κ1) is 13.3. The van der Waals surface area contributed by atoms with E-state index in [1.807, 2.05) is 13.0 Å². The number of aliphatic carboxylic acids is 1. The number of hydrogen-bond donors (Lipinski definition) is 3. The Morgan fingerprint density at radius 2 is 2.18 bits per heavy atom. The molecule has 0 heterocycles. The Morgan fingerprint density at radius 1 is 1.53 bits per heavy atom. The SMILES string of the molecule is CCc1ccc(OC)c(O)c1CC(N)C(=O)O. The smallest absolute Gasteiger partial charge is 0.320 e. The van der Waals surface area contributed by atoms with Crippen LogP contribution in [-0.4, -0.2) is 29.3 Å². The molecule has 0 fully saturated rings. The van der Waals surface area contributed by atoms with Gasteiger partial charge in [-0.3, -0.25) is 4.79 Å². The summed E-state index contributed by atoms with van der Waals surface area (Å²) in [6.45, 7) is 1.93. The highest BCUT2D eigenvalue weighted by atomic mass is 16.5. The van der Waals surface area contributed by atoms with Crippen LogP contribution in [0.5, 0.6) is 11.5 Å². The molecule has 0 aliphatic heterocycles. The van der Waals surface area contributed by atoms with E-state index >= 15 is 0 Å². The maximum atomic E-state index is 10.7. The molecule has 0 bridgehead atoms. The highest BCUT2D eigenvalue weighted by Crippen LogP contribution is 2.33. The molecule has 0 saturated carbocycles. The highest BCUT2D eigenvalue weighted by molar-refractivity contribution is 5.74. The summed E-state index contributed by atoms with van der Waals surface area (Å²) in [5.41, 5.74) is 6.90. The van der Waals surface area contributed by atoms with Crippen LogP contribution in [0.2, 0.25) is 0 Å². The van der Waals surface area contributed by atoms with Crippen LogP contribution in [0.15, 0.2) is 12.1 Å². The predicted octanol–water partition coefficient (Wildman–Crippen LogP) is 0.918. The Morgan fingerprint density at radius 3 is 2.65 bits per heavy atom. The van der Waals surface area contributed by atoms with E-state index < -0.39 is 12.0 Å². The first-order valence-corrected chi connectivity index (χ1v) is 5.37. The van der Waals surface area contributed by atoms with Crippen molar-refractivity contribution in [3.8, 4) is 11.5 Å². The zero-order chi connectivity index (χ0) is 13.0. The van der Waals surface area contributed by atoms with E-state index in [9.17, 15) is 9.90 Å². The van der Waals surface area contributed by atoms with Gasteiger partial charge >= 0.3 is 5.97 Å². The molecule has 17 heavy (non-hydrogen) atoms. The molecule has 94 valence electrons. The lowest BCUT2D eigenvalue weighted by Crippen LogP contribution is -2.32. The lowest BCUT2D eigenvalue weighted by atomic mass is 9.97. The van der Waals surface area contributed by atoms with E-state index in [1.165, 1.54) is 7.11 Å². The first-order valence-electron chi connectivity index (χ1n) is 5.37. The number of carbonyl (C=O) groups is 1. The van der Waals surface area contributed by atoms with Crippen molar-refractivity contribution in [1.29, 1.82) is 0 Å². The minimum atomic E-state index is -1.09. The third-order valence-electron chi connectivity index (χ3n) is 2.68. The van der Waals surface area contributed by atoms with Crippen molar-refractivity contribution in [2.75, 3.05) is 7.11 Å². The Bertz CT molecular complexity index is 417. The molecule has 0 spiro atoms. The summed E-state index contributed by atoms with van der Waals surface area (Å²) in [4.78, 5) is 10.7. The quantitative estimate of drug-likeness (QED) is 0.710. The average Bonchev–Trinajstić information content (AvgIpc) is 2.31. The number of ether oxygens (including phenoxy) is 1. The van der Waals surface area contributed by atoms with Crippen LogP contribution in [0, 0.1) is 0 Å². The zero-order valence-corrected chi connectivity index (χ0v) is 9.93. The number of hydrogen-bond acceptors (Lipinski definition) is 4. The maximum absolute atomic E-state index is 10.7. The number of carboxylic acids is 1. The molecule has 0 amide bonds. The van der Waals surface area contributed by atoms with E-state index in [0.29, 0.717) is 17.7 Å². The van der Waals surface area contributed by atoms with Crippen molar-refractivity contribution in [3.63, 3.8) is 0 Å². The lowest BCUT2D eigenvalue weighted by molar-refractivity contribution is -0.138. The van der Waals surface area contributed by atoms with E-state index in [-0.39, 0.29) is 12.2 Å². The van der Waals surface area contributed by atoms with Gasteiger partial charge < -0.3 is 20.7 Å². The number of aromatic hydroxyl groups is 1. The van der Waals surface area contributed by atoms with Gasteiger partial charge in [0.15, 0.2) is 11.5 Å². The van der Waals surface area contributed by atoms with Gasteiger partial charge in [-0.2, -0.15) is 0 Å². The summed E-state index contributed by atoms with van der Waals surface area (Å²) in [7, 11) is 1.45. The fourth-order valence-corrected chi connectivity index (χ4v) is 1.69. The fraction of sp³-hybridized carbons (Fsp3) is 0.417. The molecule has 1 unspecified atom stereocenters. The van der Waals surface area contributed by atoms with Crippen molar-refractivity contribution in [1.82, 2.24) is 0 Å². The number of nitrogens with two attached hydrogens (primary N) is 1. The monoisotopic (exact) mass is 239 g/mol. The third kappa shape index (κ3) is 2.88. The second kappa shape index (κ2) is 5.54. The minimum Gasteiger partial charge on any atom is -0.504 e. The van der Waals surface area contributed by atoms with Gasteiger partial charge in [-0.05, 0) is 18.1 Å². The molecule has 0 saturated heterocycles. The molecular formula is C12H17NO4. The number of carboxylic acid groups (broad SMARTS) is 1. The molecule has 0 aliphatic carbocycles. The Kier molecular flexibility index (Phi) is 4.34. The summed E-state index contributed by atoms with van der Waals surface area (Å²) in [5.74, 6) is -0.785. The van der Waals surface area contributed by atoms with Gasteiger partial charge in [-0.1, -0.05) is 13.0 Å². The molecule has 0 aromatic heterocycles. The molecule has 4 N–H and O–H groups in total. The molecule has 0 radical (unpaired) electrons. The Hall–Kier alpha value is -1.75. The fourth-order valence-electron chi connectivity index (χ4n) is 1.69. The van der Waals surface area contributed by atoms with Gasteiger partial charge in [0, 0.05) is 12.0 Å². The van der Waals surface area contributed by atoms with Crippen molar-refractivity contribution in [3.05, 3.63) is 23.3 Å². The predicted molar refractivity (Wildman–Crippen MR) is 63.4 cm³/mol. The molecule has 1 aromatic rings. The Balaban J connectivity index is 3.14. The number of phenols is 1. The van der Waals surface area contributed by atoms with Crippen LogP contribution in [0.3, 0.4) is 0 Å². The standard InChI is InChI=1S/C12H17NO4/c1-3-7-4-5-10(17-2)11(14)8(7)6-9(13)12(15)16/h4-5,9,14H,3,6,13H2,1-2H3,(H,15,16). The van der Waals surface area contributed by atoms with Gasteiger partial charge in [-0.15, -0.1) is 0 Å². The molecule has 0 aliphatic rings. The highest BCUT2D eigenvalue weighted by Gasteiger charge is 2.19. The topological polar surface area (TPSA) is 92.8 Å². The van der Waals surface area contributed by atoms with Gasteiger partial charge in [0.2, 0.25) is 0 Å². The molecule has 1 rings (SSSR count). The van der Waals surface area contributed by atoms with Crippen molar-refractivity contribution in [2.24, 2.45) is 5.73 Å². The normalized spacial score (nSPS) is 12.2. The number of methoxy groups -OCH3 is 1. The summed E-state index contributed by atoms with van der Waals surface area (Å²) in [5, 5.41) is 18.7. The van der Waals surface area contributed by atoms with Gasteiger partial charge in [0.25, 0.3) is 0 Å². The minimum absolute atomic E-state index is 0.0245. The van der Waals surface area contributed by atoms with Crippen LogP contribution >= 0.6 is 0 Å². The van der Waals surface area contributed by atoms with Crippen molar-refractivity contribution < 1.29 is 19.7 Å². The molecular weight excluding hydrogens is 222 g/mol. The maximum Gasteiger partial charge on any atom is 0.320 e. The van der Waals surface area contributed by atoms with Gasteiger partial charge in [0.1, 0.15) is 6.04 Å². The number of aryl methyl sites for hydroxylation is 1. The van der Waals surface area contributed by atoms with Crippen LogP contribution in [-0.2, 0) is 17.6 Å². The number of rotatable bonds is 5. The van der Waals surface area contributed by atoms with Crippen molar-refractivity contribution >= 4 is 5.97 Å². The lowest BCUT2D eigenvalue weighted by Gasteiger charge is -2.15. The van der Waals surface area contributed by atoms with Crippen LogP contribution in [0.4, 0.5) is 0 Å².